The van der Waals surface area contributed by atoms with Gasteiger partial charge in [0.2, 0.25) is 21.8 Å². The summed E-state index contributed by atoms with van der Waals surface area (Å²) in [6.45, 7) is 1.44. The summed E-state index contributed by atoms with van der Waals surface area (Å²) in [4.78, 5) is 28.3. The third-order valence-corrected chi connectivity index (χ3v) is 9.22. The number of fused-ring (bicyclic) bond motifs is 1. The maximum absolute atomic E-state index is 13.6. The van der Waals surface area contributed by atoms with Crippen LogP contribution in [0.4, 0.5) is 0 Å². The highest BCUT2D eigenvalue weighted by molar-refractivity contribution is 7.89. The average molecular weight is 556 g/mol. The number of carbonyl (C=O) groups excluding carboxylic acids is 2. The van der Waals surface area contributed by atoms with Crippen LogP contribution in [0.25, 0.3) is 10.8 Å². The second kappa shape index (κ2) is 12.3. The van der Waals surface area contributed by atoms with Gasteiger partial charge in [-0.15, -0.1) is 0 Å². The number of hydrogen-bond acceptors (Lipinski definition) is 4. The molecule has 7 nitrogen and oxygen atoms in total. The molecule has 0 radical (unpaired) electrons. The van der Waals surface area contributed by atoms with Crippen molar-refractivity contribution in [3.8, 4) is 0 Å². The predicted molar refractivity (Wildman–Crippen MR) is 150 cm³/mol. The van der Waals surface area contributed by atoms with Crippen LogP contribution in [-0.4, -0.2) is 55.1 Å². The van der Waals surface area contributed by atoms with E-state index < -0.39 is 28.5 Å². The maximum Gasteiger partial charge on any atom is 0.243 e. The molecule has 0 bridgehead atoms. The van der Waals surface area contributed by atoms with Gasteiger partial charge in [0.15, 0.2) is 0 Å². The number of likely N-dealkylation sites (N-methyl/N-ethyl adjacent to an activating group) is 1. The highest BCUT2D eigenvalue weighted by atomic mass is 35.5. The van der Waals surface area contributed by atoms with Crippen LogP contribution in [0.2, 0.25) is 5.02 Å². The largest absolute Gasteiger partial charge is 0.352 e. The van der Waals surface area contributed by atoms with Gasteiger partial charge in [0.05, 0.1) is 11.4 Å². The summed E-state index contributed by atoms with van der Waals surface area (Å²) in [6, 6.07) is 18.8. The van der Waals surface area contributed by atoms with E-state index in [0.29, 0.717) is 5.02 Å². The van der Waals surface area contributed by atoms with Crippen molar-refractivity contribution >= 4 is 44.2 Å². The van der Waals surface area contributed by atoms with Gasteiger partial charge in [-0.25, -0.2) is 8.42 Å². The molecule has 0 unspecified atom stereocenters. The lowest BCUT2D eigenvalue weighted by molar-refractivity contribution is -0.141. The Hall–Kier alpha value is -2.94. The summed E-state index contributed by atoms with van der Waals surface area (Å²) in [5.74, 6) is -0.697. The zero-order valence-electron chi connectivity index (χ0n) is 21.8. The molecule has 1 fully saturated rings. The van der Waals surface area contributed by atoms with Crippen LogP contribution in [0.5, 0.6) is 0 Å². The van der Waals surface area contributed by atoms with Gasteiger partial charge in [-0.05, 0) is 60.4 Å². The molecule has 1 N–H and O–H groups in total. The molecule has 3 aromatic carbocycles. The van der Waals surface area contributed by atoms with Gasteiger partial charge in [-0.3, -0.25) is 9.59 Å². The first-order chi connectivity index (χ1) is 18.1. The molecular formula is C29H34ClN3O4S. The van der Waals surface area contributed by atoms with E-state index in [4.69, 9.17) is 11.6 Å². The van der Waals surface area contributed by atoms with E-state index in [1.54, 1.807) is 49.4 Å². The van der Waals surface area contributed by atoms with E-state index in [0.717, 1.165) is 46.3 Å². The fourth-order valence-electron chi connectivity index (χ4n) is 4.81. The molecule has 1 atom stereocenters. The van der Waals surface area contributed by atoms with Crippen molar-refractivity contribution in [2.45, 2.75) is 62.6 Å². The molecule has 0 aromatic heterocycles. The first-order valence-electron chi connectivity index (χ1n) is 12.9. The Morgan fingerprint density at radius 2 is 1.63 bits per heavy atom. The number of sulfonamides is 1. The number of benzene rings is 3. The standard InChI is InChI=1S/C29H34ClN3O4S/c1-21(29(35)31-26-10-4-3-5-11-26)33(19-22-12-15-25(30)16-13-22)28(34)20-32(2)38(36,37)27-17-14-23-8-6-7-9-24(23)18-27/h6-9,12-18,21,26H,3-5,10-11,19-20H2,1-2H3,(H,31,35)/t21-/m1/s1. The number of nitrogens with zero attached hydrogens (tertiary/aromatic N) is 2. The smallest absolute Gasteiger partial charge is 0.243 e. The molecule has 3 aromatic rings. The number of halogens is 1. The molecule has 0 saturated heterocycles. The summed E-state index contributed by atoms with van der Waals surface area (Å²) in [5, 5.41) is 5.38. The Kier molecular flexibility index (Phi) is 9.07. The third kappa shape index (κ3) is 6.73. The summed E-state index contributed by atoms with van der Waals surface area (Å²) in [7, 11) is -2.55. The number of amides is 2. The zero-order chi connectivity index (χ0) is 27.3. The molecule has 1 aliphatic carbocycles. The van der Waals surface area contributed by atoms with Crippen molar-refractivity contribution in [2.24, 2.45) is 0 Å². The summed E-state index contributed by atoms with van der Waals surface area (Å²) in [5.41, 5.74) is 0.792. The zero-order valence-corrected chi connectivity index (χ0v) is 23.3. The lowest BCUT2D eigenvalue weighted by Crippen LogP contribution is -2.52. The van der Waals surface area contributed by atoms with E-state index in [-0.39, 0.29) is 23.4 Å². The average Bonchev–Trinajstić information content (AvgIpc) is 2.92. The van der Waals surface area contributed by atoms with Crippen LogP contribution in [0, 0.1) is 0 Å². The number of carbonyl (C=O) groups is 2. The minimum atomic E-state index is -3.94. The predicted octanol–water partition coefficient (Wildman–Crippen LogP) is 4.98. The van der Waals surface area contributed by atoms with Gasteiger partial charge in [0.25, 0.3) is 0 Å². The second-order valence-electron chi connectivity index (χ2n) is 9.94. The van der Waals surface area contributed by atoms with E-state index >= 15 is 0 Å². The molecule has 1 aliphatic rings. The lowest BCUT2D eigenvalue weighted by atomic mass is 9.95. The Labute approximate surface area is 229 Å². The SMILES string of the molecule is C[C@H](C(=O)NC1CCCCC1)N(Cc1ccc(Cl)cc1)C(=O)CN(C)S(=O)(=O)c1ccc2ccccc2c1. The molecule has 2 amide bonds. The molecule has 0 spiro atoms. The van der Waals surface area contributed by atoms with Gasteiger partial charge in [0.1, 0.15) is 6.04 Å². The molecule has 9 heteroatoms. The molecule has 38 heavy (non-hydrogen) atoms. The Bertz CT molecular complexity index is 1390. The van der Waals surface area contributed by atoms with Crippen LogP contribution >= 0.6 is 11.6 Å². The van der Waals surface area contributed by atoms with E-state index in [1.165, 1.54) is 18.4 Å². The van der Waals surface area contributed by atoms with Crippen LogP contribution < -0.4 is 5.32 Å². The normalized spacial score (nSPS) is 15.4. The van der Waals surface area contributed by atoms with Crippen molar-refractivity contribution in [2.75, 3.05) is 13.6 Å². The topological polar surface area (TPSA) is 86.8 Å². The molecule has 4 rings (SSSR count). The number of nitrogens with one attached hydrogen (secondary N) is 1. The summed E-state index contributed by atoms with van der Waals surface area (Å²) in [6.07, 6.45) is 5.17. The van der Waals surface area contributed by atoms with Crippen LogP contribution in [0.15, 0.2) is 71.6 Å². The van der Waals surface area contributed by atoms with Crippen molar-refractivity contribution in [3.05, 3.63) is 77.3 Å². The first kappa shape index (κ1) is 28.1. The minimum Gasteiger partial charge on any atom is -0.352 e. The van der Waals surface area contributed by atoms with Crippen molar-refractivity contribution in [1.82, 2.24) is 14.5 Å². The van der Waals surface area contributed by atoms with Crippen LogP contribution in [-0.2, 0) is 26.2 Å². The molecular weight excluding hydrogens is 522 g/mol. The van der Waals surface area contributed by atoms with E-state index in [9.17, 15) is 18.0 Å². The van der Waals surface area contributed by atoms with E-state index in [1.807, 2.05) is 24.3 Å². The monoisotopic (exact) mass is 555 g/mol. The van der Waals surface area contributed by atoms with E-state index in [2.05, 4.69) is 5.32 Å². The number of hydrogen-bond donors (Lipinski definition) is 1. The Morgan fingerprint density at radius 1 is 0.974 bits per heavy atom. The molecule has 0 heterocycles. The van der Waals surface area contributed by atoms with Gasteiger partial charge in [-0.2, -0.15) is 4.31 Å². The van der Waals surface area contributed by atoms with Crippen LogP contribution in [0.1, 0.15) is 44.6 Å². The summed E-state index contributed by atoms with van der Waals surface area (Å²) < 4.78 is 27.8. The quantitative estimate of drug-likeness (QED) is 0.403. The molecule has 1 saturated carbocycles. The highest BCUT2D eigenvalue weighted by Gasteiger charge is 2.31. The maximum atomic E-state index is 13.6. The molecule has 0 aliphatic heterocycles. The van der Waals surface area contributed by atoms with Gasteiger partial charge in [-0.1, -0.05) is 73.3 Å². The Balaban J connectivity index is 1.53. The Morgan fingerprint density at radius 3 is 2.32 bits per heavy atom. The second-order valence-corrected chi connectivity index (χ2v) is 12.4. The first-order valence-corrected chi connectivity index (χ1v) is 14.8. The van der Waals surface area contributed by atoms with Gasteiger partial charge >= 0.3 is 0 Å². The fourth-order valence-corrected chi connectivity index (χ4v) is 6.09. The van der Waals surface area contributed by atoms with Crippen molar-refractivity contribution in [3.63, 3.8) is 0 Å². The van der Waals surface area contributed by atoms with Crippen LogP contribution in [0.3, 0.4) is 0 Å². The molecule has 202 valence electrons. The highest BCUT2D eigenvalue weighted by Crippen LogP contribution is 2.22. The minimum absolute atomic E-state index is 0.0992. The van der Waals surface area contributed by atoms with Gasteiger partial charge < -0.3 is 10.2 Å². The number of rotatable bonds is 9. The fraction of sp³-hybridized carbons (Fsp3) is 0.379. The lowest BCUT2D eigenvalue weighted by Gasteiger charge is -2.32. The van der Waals surface area contributed by atoms with Crippen molar-refractivity contribution in [1.29, 1.82) is 0 Å². The summed E-state index contributed by atoms with van der Waals surface area (Å²) >= 11 is 6.03. The third-order valence-electron chi connectivity index (χ3n) is 7.17. The van der Waals surface area contributed by atoms with Gasteiger partial charge in [0, 0.05) is 24.7 Å². The van der Waals surface area contributed by atoms with Crippen molar-refractivity contribution < 1.29 is 18.0 Å².